The van der Waals surface area contributed by atoms with Crippen molar-refractivity contribution in [3.63, 3.8) is 0 Å². The third kappa shape index (κ3) is 4.71. The SMILES string of the molecule is O=C1COc2ccc(-c3cc(-c4ccccc4)cc(-c4ccc(F)cc4)n3)cc2N1Cc1ccccc1. The van der Waals surface area contributed by atoms with Gasteiger partial charge in [-0.05, 0) is 71.3 Å². The lowest BCUT2D eigenvalue weighted by molar-refractivity contribution is -0.121. The van der Waals surface area contributed by atoms with Crippen molar-refractivity contribution in [2.24, 2.45) is 0 Å². The van der Waals surface area contributed by atoms with Crippen molar-refractivity contribution in [2.45, 2.75) is 6.54 Å². The highest BCUT2D eigenvalue weighted by Gasteiger charge is 2.26. The van der Waals surface area contributed by atoms with Gasteiger partial charge in [-0.2, -0.15) is 0 Å². The van der Waals surface area contributed by atoms with Crippen LogP contribution in [0.1, 0.15) is 5.56 Å². The predicted molar refractivity (Wildman–Crippen MR) is 144 cm³/mol. The van der Waals surface area contributed by atoms with Crippen molar-refractivity contribution < 1.29 is 13.9 Å². The second kappa shape index (κ2) is 9.70. The predicted octanol–water partition coefficient (Wildman–Crippen LogP) is 7.15. The number of rotatable bonds is 5. The molecule has 0 atom stereocenters. The summed E-state index contributed by atoms with van der Waals surface area (Å²) in [5.41, 5.74) is 6.97. The summed E-state index contributed by atoms with van der Waals surface area (Å²) >= 11 is 0. The van der Waals surface area contributed by atoms with Gasteiger partial charge in [0.25, 0.3) is 5.91 Å². The molecule has 37 heavy (non-hydrogen) atoms. The van der Waals surface area contributed by atoms with Crippen LogP contribution in [0.4, 0.5) is 10.1 Å². The number of hydrogen-bond donors (Lipinski definition) is 0. The Morgan fingerprint density at radius 3 is 2.08 bits per heavy atom. The minimum atomic E-state index is -0.291. The van der Waals surface area contributed by atoms with Crippen LogP contribution in [0.2, 0.25) is 0 Å². The van der Waals surface area contributed by atoms with Crippen LogP contribution in [0.3, 0.4) is 0 Å². The van der Waals surface area contributed by atoms with Gasteiger partial charge in [0, 0.05) is 11.1 Å². The van der Waals surface area contributed by atoms with Crippen LogP contribution in [-0.4, -0.2) is 17.5 Å². The van der Waals surface area contributed by atoms with Crippen molar-refractivity contribution in [3.05, 3.63) is 127 Å². The molecule has 0 saturated carbocycles. The normalized spacial score (nSPS) is 12.7. The summed E-state index contributed by atoms with van der Waals surface area (Å²) in [6.07, 6.45) is 0. The maximum atomic E-state index is 13.6. The molecular weight excluding hydrogens is 463 g/mol. The summed E-state index contributed by atoms with van der Waals surface area (Å²) in [7, 11) is 0. The number of pyridine rings is 1. The van der Waals surface area contributed by atoms with E-state index in [1.54, 1.807) is 17.0 Å². The molecule has 0 saturated heterocycles. The molecule has 180 valence electrons. The van der Waals surface area contributed by atoms with E-state index in [0.717, 1.165) is 39.2 Å². The van der Waals surface area contributed by atoms with Gasteiger partial charge in [0.15, 0.2) is 6.61 Å². The number of benzene rings is 4. The molecule has 2 heterocycles. The Kier molecular flexibility index (Phi) is 5.95. The van der Waals surface area contributed by atoms with Crippen molar-refractivity contribution in [3.8, 4) is 39.4 Å². The van der Waals surface area contributed by atoms with Gasteiger partial charge in [-0.3, -0.25) is 4.79 Å². The van der Waals surface area contributed by atoms with Crippen LogP contribution >= 0.6 is 0 Å². The second-order valence-electron chi connectivity index (χ2n) is 8.94. The zero-order valence-corrected chi connectivity index (χ0v) is 20.0. The highest BCUT2D eigenvalue weighted by atomic mass is 19.1. The fourth-order valence-electron chi connectivity index (χ4n) is 4.55. The van der Waals surface area contributed by atoms with Crippen LogP contribution in [0.5, 0.6) is 5.75 Å². The monoisotopic (exact) mass is 486 g/mol. The molecule has 0 N–H and O–H groups in total. The standard InChI is InChI=1S/C32H23FN2O2/c33-27-14-11-24(12-15-27)28-17-26(23-9-5-2-6-10-23)18-29(34-28)25-13-16-31-30(19-25)35(32(36)21-37-31)20-22-7-3-1-4-8-22/h1-19H,20-21H2. The van der Waals surface area contributed by atoms with Gasteiger partial charge in [0.1, 0.15) is 11.6 Å². The molecule has 4 aromatic carbocycles. The third-order valence-corrected chi connectivity index (χ3v) is 6.45. The minimum Gasteiger partial charge on any atom is -0.482 e. The van der Waals surface area contributed by atoms with Gasteiger partial charge in [0.2, 0.25) is 0 Å². The molecule has 0 fully saturated rings. The maximum absolute atomic E-state index is 13.6. The third-order valence-electron chi connectivity index (χ3n) is 6.45. The summed E-state index contributed by atoms with van der Waals surface area (Å²) < 4.78 is 19.4. The summed E-state index contributed by atoms with van der Waals surface area (Å²) in [5, 5.41) is 0. The van der Waals surface area contributed by atoms with Crippen LogP contribution in [-0.2, 0) is 11.3 Å². The van der Waals surface area contributed by atoms with Gasteiger partial charge in [-0.25, -0.2) is 9.37 Å². The van der Waals surface area contributed by atoms with E-state index >= 15 is 0 Å². The zero-order valence-electron chi connectivity index (χ0n) is 20.0. The molecule has 1 aliphatic heterocycles. The summed E-state index contributed by atoms with van der Waals surface area (Å²) in [5.74, 6) is 0.282. The number of hydrogen-bond acceptors (Lipinski definition) is 3. The topological polar surface area (TPSA) is 42.4 Å². The molecule has 5 heteroatoms. The first kappa shape index (κ1) is 22.7. The van der Waals surface area contributed by atoms with E-state index in [-0.39, 0.29) is 18.3 Å². The van der Waals surface area contributed by atoms with Crippen molar-refractivity contribution in [2.75, 3.05) is 11.5 Å². The van der Waals surface area contributed by atoms with Crippen molar-refractivity contribution >= 4 is 11.6 Å². The van der Waals surface area contributed by atoms with E-state index < -0.39 is 0 Å². The lowest BCUT2D eigenvalue weighted by Crippen LogP contribution is -2.38. The van der Waals surface area contributed by atoms with E-state index in [2.05, 4.69) is 12.1 Å². The summed E-state index contributed by atoms with van der Waals surface area (Å²) in [6.45, 7) is 0.466. The Labute approximate surface area is 214 Å². The van der Waals surface area contributed by atoms with Gasteiger partial charge >= 0.3 is 0 Å². The van der Waals surface area contributed by atoms with E-state index in [1.165, 1.54) is 12.1 Å². The molecule has 0 bridgehead atoms. The van der Waals surface area contributed by atoms with Crippen LogP contribution in [0.15, 0.2) is 115 Å². The number of aromatic nitrogens is 1. The van der Waals surface area contributed by atoms with Crippen LogP contribution in [0.25, 0.3) is 33.6 Å². The Morgan fingerprint density at radius 1 is 0.703 bits per heavy atom. The number of fused-ring (bicyclic) bond motifs is 1. The molecule has 4 nitrogen and oxygen atoms in total. The lowest BCUT2D eigenvalue weighted by Gasteiger charge is -2.30. The molecule has 5 aromatic rings. The first-order chi connectivity index (χ1) is 18.1. The average Bonchev–Trinajstić information content (AvgIpc) is 2.95. The maximum Gasteiger partial charge on any atom is 0.265 e. The largest absolute Gasteiger partial charge is 0.482 e. The molecular formula is C32H23FN2O2. The van der Waals surface area contributed by atoms with Crippen molar-refractivity contribution in [1.29, 1.82) is 0 Å². The van der Waals surface area contributed by atoms with Gasteiger partial charge in [-0.15, -0.1) is 0 Å². The smallest absolute Gasteiger partial charge is 0.265 e. The molecule has 0 unspecified atom stereocenters. The molecule has 0 aliphatic carbocycles. The fourth-order valence-corrected chi connectivity index (χ4v) is 4.55. The molecule has 0 spiro atoms. The molecule has 1 aliphatic rings. The molecule has 1 amide bonds. The number of nitrogens with zero attached hydrogens (tertiary/aromatic N) is 2. The number of anilines is 1. The summed E-state index contributed by atoms with van der Waals surface area (Å²) in [6, 6.07) is 36.2. The van der Waals surface area contributed by atoms with Gasteiger partial charge in [-0.1, -0.05) is 60.7 Å². The quantitative estimate of drug-likeness (QED) is 0.265. The Bertz CT molecular complexity index is 1570. The molecule has 1 aromatic heterocycles. The summed E-state index contributed by atoms with van der Waals surface area (Å²) in [4.78, 5) is 19.6. The zero-order chi connectivity index (χ0) is 25.2. The first-order valence-corrected chi connectivity index (χ1v) is 12.1. The van der Waals surface area contributed by atoms with Crippen molar-refractivity contribution in [1.82, 2.24) is 4.98 Å². The van der Waals surface area contributed by atoms with E-state index in [4.69, 9.17) is 9.72 Å². The minimum absolute atomic E-state index is 0.00956. The number of carbonyl (C=O) groups is 1. The van der Waals surface area contributed by atoms with Gasteiger partial charge in [0.05, 0.1) is 23.6 Å². The fraction of sp³-hybridized carbons (Fsp3) is 0.0625. The first-order valence-electron chi connectivity index (χ1n) is 12.1. The molecule has 0 radical (unpaired) electrons. The van der Waals surface area contributed by atoms with E-state index in [1.807, 2.05) is 78.9 Å². The van der Waals surface area contributed by atoms with E-state index in [0.29, 0.717) is 18.0 Å². The highest BCUT2D eigenvalue weighted by molar-refractivity contribution is 5.98. The van der Waals surface area contributed by atoms with Gasteiger partial charge < -0.3 is 9.64 Å². The van der Waals surface area contributed by atoms with Crippen LogP contribution in [0, 0.1) is 5.82 Å². The van der Waals surface area contributed by atoms with E-state index in [9.17, 15) is 9.18 Å². The number of halogens is 1. The Morgan fingerprint density at radius 2 is 1.35 bits per heavy atom. The molecule has 6 rings (SSSR count). The number of amides is 1. The highest BCUT2D eigenvalue weighted by Crippen LogP contribution is 2.38. The second-order valence-corrected chi connectivity index (χ2v) is 8.94. The van der Waals surface area contributed by atoms with Crippen LogP contribution < -0.4 is 9.64 Å². The Balaban J connectivity index is 1.46. The lowest BCUT2D eigenvalue weighted by atomic mass is 9.99. The number of ether oxygens (including phenoxy) is 1. The Hall–Kier alpha value is -4.77. The number of carbonyl (C=O) groups excluding carboxylic acids is 1. The average molecular weight is 487 g/mol.